The van der Waals surface area contributed by atoms with Gasteiger partial charge in [-0.05, 0) is 48.8 Å². The van der Waals surface area contributed by atoms with Gasteiger partial charge in [-0.2, -0.15) is 0 Å². The molecule has 1 fully saturated rings. The van der Waals surface area contributed by atoms with Gasteiger partial charge in [0, 0.05) is 11.6 Å². The molecule has 3 rings (SSSR count). The number of hydrogen-bond acceptors (Lipinski definition) is 2. The molecule has 2 nitrogen and oxygen atoms in total. The van der Waals surface area contributed by atoms with Crippen LogP contribution >= 0.6 is 0 Å². The first-order valence-corrected chi connectivity index (χ1v) is 7.17. The Morgan fingerprint density at radius 1 is 1.16 bits per heavy atom. The fourth-order valence-electron chi connectivity index (χ4n) is 3.34. The molecule has 1 N–H and O–H groups in total. The summed E-state index contributed by atoms with van der Waals surface area (Å²) in [6.45, 7) is 4.53. The lowest BCUT2D eigenvalue weighted by Crippen LogP contribution is -2.35. The minimum atomic E-state index is -0.686. The summed E-state index contributed by atoms with van der Waals surface area (Å²) in [5, 5.41) is 12.2. The predicted molar refractivity (Wildman–Crippen MR) is 77.8 cm³/mol. The molecule has 3 unspecified atom stereocenters. The van der Waals surface area contributed by atoms with Crippen LogP contribution in [-0.2, 0) is 5.60 Å². The molecule has 0 aliphatic heterocycles. The summed E-state index contributed by atoms with van der Waals surface area (Å²) in [7, 11) is 0. The smallest absolute Gasteiger partial charge is 0.0905 e. The van der Waals surface area contributed by atoms with Gasteiger partial charge in [0.1, 0.15) is 0 Å². The quantitative estimate of drug-likeness (QED) is 0.839. The van der Waals surface area contributed by atoms with Crippen LogP contribution in [0.1, 0.15) is 38.7 Å². The van der Waals surface area contributed by atoms with Crippen molar-refractivity contribution in [3.63, 3.8) is 0 Å². The Kier molecular flexibility index (Phi) is 3.06. The fourth-order valence-corrected chi connectivity index (χ4v) is 3.34. The van der Waals surface area contributed by atoms with Gasteiger partial charge in [0.15, 0.2) is 0 Å². The van der Waals surface area contributed by atoms with Gasteiger partial charge in [-0.15, -0.1) is 0 Å². The number of hydrogen-bond donors (Lipinski definition) is 1. The van der Waals surface area contributed by atoms with Crippen molar-refractivity contribution in [3.8, 4) is 0 Å². The van der Waals surface area contributed by atoms with Gasteiger partial charge in [-0.25, -0.2) is 0 Å². The first-order chi connectivity index (χ1) is 9.10. The van der Waals surface area contributed by atoms with E-state index in [0.717, 1.165) is 35.7 Å². The zero-order valence-electron chi connectivity index (χ0n) is 11.6. The van der Waals surface area contributed by atoms with Crippen molar-refractivity contribution < 1.29 is 5.11 Å². The SMILES string of the molecule is CC1CCC(O)(c2cccc3ncccc23)CC1C. The molecule has 2 heteroatoms. The maximum atomic E-state index is 11.1. The third kappa shape index (κ3) is 2.14. The van der Waals surface area contributed by atoms with Crippen LogP contribution in [0.5, 0.6) is 0 Å². The number of rotatable bonds is 1. The highest BCUT2D eigenvalue weighted by molar-refractivity contribution is 5.82. The lowest BCUT2D eigenvalue weighted by Gasteiger charge is -2.40. The van der Waals surface area contributed by atoms with Gasteiger partial charge in [-0.3, -0.25) is 4.98 Å². The van der Waals surface area contributed by atoms with Gasteiger partial charge < -0.3 is 5.11 Å². The fraction of sp³-hybridized carbons (Fsp3) is 0.471. The Balaban J connectivity index is 2.09. The van der Waals surface area contributed by atoms with E-state index in [9.17, 15) is 5.11 Å². The van der Waals surface area contributed by atoms with E-state index >= 15 is 0 Å². The zero-order chi connectivity index (χ0) is 13.5. The van der Waals surface area contributed by atoms with Crippen LogP contribution < -0.4 is 0 Å². The summed E-state index contributed by atoms with van der Waals surface area (Å²) in [5.41, 5.74) is 1.34. The molecular weight excluding hydrogens is 234 g/mol. The Bertz CT molecular complexity index is 589. The van der Waals surface area contributed by atoms with Gasteiger partial charge in [-0.1, -0.05) is 32.0 Å². The number of pyridine rings is 1. The topological polar surface area (TPSA) is 33.1 Å². The highest BCUT2D eigenvalue weighted by Crippen LogP contribution is 2.44. The monoisotopic (exact) mass is 255 g/mol. The van der Waals surface area contributed by atoms with Gasteiger partial charge >= 0.3 is 0 Å². The number of aromatic nitrogens is 1. The third-order valence-electron chi connectivity index (χ3n) is 4.79. The maximum absolute atomic E-state index is 11.1. The van der Waals surface area contributed by atoms with E-state index in [0.29, 0.717) is 11.8 Å². The van der Waals surface area contributed by atoms with E-state index in [1.165, 1.54) is 0 Å². The molecule has 0 radical (unpaired) electrons. The van der Waals surface area contributed by atoms with Crippen LogP contribution in [0, 0.1) is 11.8 Å². The molecule has 3 atom stereocenters. The molecule has 0 spiro atoms. The van der Waals surface area contributed by atoms with E-state index in [1.807, 2.05) is 24.4 Å². The molecular formula is C17H21NO. The van der Waals surface area contributed by atoms with E-state index < -0.39 is 5.60 Å². The van der Waals surface area contributed by atoms with Crippen LogP contribution in [0.3, 0.4) is 0 Å². The minimum absolute atomic E-state index is 0.561. The van der Waals surface area contributed by atoms with Gasteiger partial charge in [0.2, 0.25) is 0 Å². The van der Waals surface area contributed by atoms with E-state index in [2.05, 4.69) is 31.0 Å². The molecule has 100 valence electrons. The average molecular weight is 255 g/mol. The minimum Gasteiger partial charge on any atom is -0.385 e. The van der Waals surface area contributed by atoms with Crippen molar-refractivity contribution in [3.05, 3.63) is 42.1 Å². The zero-order valence-corrected chi connectivity index (χ0v) is 11.6. The van der Waals surface area contributed by atoms with Crippen molar-refractivity contribution in [2.24, 2.45) is 11.8 Å². The molecule has 1 heterocycles. The Morgan fingerprint density at radius 2 is 2.00 bits per heavy atom. The maximum Gasteiger partial charge on any atom is 0.0905 e. The van der Waals surface area contributed by atoms with Gasteiger partial charge in [0.25, 0.3) is 0 Å². The van der Waals surface area contributed by atoms with Crippen molar-refractivity contribution >= 4 is 10.9 Å². The second-order valence-corrected chi connectivity index (χ2v) is 6.10. The molecule has 1 saturated carbocycles. The summed E-state index contributed by atoms with van der Waals surface area (Å²) < 4.78 is 0. The van der Waals surface area contributed by atoms with Crippen LogP contribution in [-0.4, -0.2) is 10.1 Å². The molecule has 1 aromatic carbocycles. The molecule has 0 saturated heterocycles. The lowest BCUT2D eigenvalue weighted by molar-refractivity contribution is -0.0324. The Labute approximate surface area is 114 Å². The normalized spacial score (nSPS) is 31.5. The molecule has 1 aromatic heterocycles. The molecule has 2 aromatic rings. The summed E-state index contributed by atoms with van der Waals surface area (Å²) in [4.78, 5) is 4.39. The van der Waals surface area contributed by atoms with Crippen LogP contribution in [0.2, 0.25) is 0 Å². The van der Waals surface area contributed by atoms with Crippen molar-refractivity contribution in [1.82, 2.24) is 4.98 Å². The lowest BCUT2D eigenvalue weighted by atomic mass is 9.70. The van der Waals surface area contributed by atoms with Crippen molar-refractivity contribution in [1.29, 1.82) is 0 Å². The van der Waals surface area contributed by atoms with E-state index in [1.54, 1.807) is 0 Å². The second kappa shape index (κ2) is 4.61. The standard InChI is InChI=1S/C17H21NO/c1-12-8-9-17(19,11-13(12)2)15-6-3-7-16-14(15)5-4-10-18-16/h3-7,10,12-13,19H,8-9,11H2,1-2H3. The first-order valence-electron chi connectivity index (χ1n) is 7.17. The van der Waals surface area contributed by atoms with Gasteiger partial charge in [0.05, 0.1) is 11.1 Å². The van der Waals surface area contributed by atoms with Crippen LogP contribution in [0.4, 0.5) is 0 Å². The molecule has 1 aliphatic rings. The summed E-state index contributed by atoms with van der Waals surface area (Å²) in [6.07, 6.45) is 4.60. The largest absolute Gasteiger partial charge is 0.385 e. The number of nitrogens with zero attached hydrogens (tertiary/aromatic N) is 1. The van der Waals surface area contributed by atoms with Crippen LogP contribution in [0.15, 0.2) is 36.5 Å². The summed E-state index contributed by atoms with van der Waals surface area (Å²) in [6, 6.07) is 10.1. The van der Waals surface area contributed by atoms with E-state index in [-0.39, 0.29) is 0 Å². The predicted octanol–water partition coefficient (Wildman–Crippen LogP) is 3.88. The van der Waals surface area contributed by atoms with Crippen molar-refractivity contribution in [2.45, 2.75) is 38.7 Å². The molecule has 19 heavy (non-hydrogen) atoms. The van der Waals surface area contributed by atoms with Crippen molar-refractivity contribution in [2.75, 3.05) is 0 Å². The third-order valence-corrected chi connectivity index (χ3v) is 4.79. The number of fused-ring (bicyclic) bond motifs is 1. The number of aliphatic hydroxyl groups is 1. The Morgan fingerprint density at radius 3 is 2.79 bits per heavy atom. The molecule has 1 aliphatic carbocycles. The van der Waals surface area contributed by atoms with E-state index in [4.69, 9.17) is 0 Å². The average Bonchev–Trinajstić information content (AvgIpc) is 2.43. The molecule has 0 amide bonds. The second-order valence-electron chi connectivity index (χ2n) is 6.10. The summed E-state index contributed by atoms with van der Waals surface area (Å²) in [5.74, 6) is 1.26. The summed E-state index contributed by atoms with van der Waals surface area (Å²) >= 11 is 0. The highest BCUT2D eigenvalue weighted by Gasteiger charge is 2.38. The highest BCUT2D eigenvalue weighted by atomic mass is 16.3. The van der Waals surface area contributed by atoms with Crippen LogP contribution in [0.25, 0.3) is 10.9 Å². The first kappa shape index (κ1) is 12.6. The molecule has 0 bridgehead atoms. The number of benzene rings is 1. The Hall–Kier alpha value is -1.41.